The van der Waals surface area contributed by atoms with Gasteiger partial charge in [0.25, 0.3) is 0 Å². The summed E-state index contributed by atoms with van der Waals surface area (Å²) in [6.45, 7) is 0. The van der Waals surface area contributed by atoms with Crippen LogP contribution in [-0.4, -0.2) is 23.3 Å². The Morgan fingerprint density at radius 1 is 1.77 bits per heavy atom. The Morgan fingerprint density at radius 2 is 2.54 bits per heavy atom. The molecule has 13 heavy (non-hydrogen) atoms. The number of carboxylic acids is 1. The van der Waals surface area contributed by atoms with Crippen molar-refractivity contribution >= 4 is 5.97 Å². The fourth-order valence-electron chi connectivity index (χ4n) is 1.64. The highest BCUT2D eigenvalue weighted by Crippen LogP contribution is 2.37. The van der Waals surface area contributed by atoms with Crippen LogP contribution in [0.1, 0.15) is 23.6 Å². The van der Waals surface area contributed by atoms with E-state index in [2.05, 4.69) is 5.16 Å². The van der Waals surface area contributed by atoms with Crippen LogP contribution in [0.15, 0.2) is 4.52 Å². The molecule has 1 aliphatic carbocycles. The van der Waals surface area contributed by atoms with Crippen LogP contribution in [0.4, 0.5) is 0 Å². The number of ether oxygens (including phenoxy) is 1. The fraction of sp³-hybridized carbons (Fsp3) is 0.500. The molecule has 1 aromatic heterocycles. The molecule has 1 heterocycles. The molecule has 0 aromatic carbocycles. The van der Waals surface area contributed by atoms with Crippen molar-refractivity contribution in [2.75, 3.05) is 7.11 Å². The number of rotatable bonds is 2. The highest BCUT2D eigenvalue weighted by atomic mass is 16.6. The van der Waals surface area contributed by atoms with E-state index < -0.39 is 11.9 Å². The molecule has 70 valence electrons. The van der Waals surface area contributed by atoms with Crippen molar-refractivity contribution in [3.05, 3.63) is 11.3 Å². The first kappa shape index (κ1) is 8.10. The number of aliphatic carboxylic acids is 1. The lowest BCUT2D eigenvalue weighted by molar-refractivity contribution is -0.138. The van der Waals surface area contributed by atoms with Crippen molar-refractivity contribution in [2.24, 2.45) is 0 Å². The summed E-state index contributed by atoms with van der Waals surface area (Å²) in [7, 11) is 1.48. The lowest BCUT2D eigenvalue weighted by atomic mass is 10.1. The highest BCUT2D eigenvalue weighted by Gasteiger charge is 2.35. The number of fused-ring (bicyclic) bond motifs is 1. The predicted molar refractivity (Wildman–Crippen MR) is 41.8 cm³/mol. The zero-order valence-electron chi connectivity index (χ0n) is 7.11. The van der Waals surface area contributed by atoms with E-state index in [9.17, 15) is 4.79 Å². The van der Waals surface area contributed by atoms with Gasteiger partial charge in [-0.15, -0.1) is 0 Å². The smallest absolute Gasteiger partial charge is 0.314 e. The molecule has 1 aliphatic rings. The second-order valence-corrected chi connectivity index (χ2v) is 2.97. The summed E-state index contributed by atoms with van der Waals surface area (Å²) >= 11 is 0. The molecule has 0 spiro atoms. The van der Waals surface area contributed by atoms with Crippen molar-refractivity contribution < 1.29 is 19.2 Å². The average molecular weight is 183 g/mol. The van der Waals surface area contributed by atoms with E-state index in [1.807, 2.05) is 0 Å². The van der Waals surface area contributed by atoms with Crippen LogP contribution in [0.2, 0.25) is 0 Å². The number of nitrogens with zero attached hydrogens (tertiary/aromatic N) is 1. The van der Waals surface area contributed by atoms with E-state index >= 15 is 0 Å². The Bertz CT molecular complexity index is 344. The SMILES string of the molecule is COc1onc2c1CCC2C(=O)O. The summed E-state index contributed by atoms with van der Waals surface area (Å²) in [6, 6.07) is 0. The molecular weight excluding hydrogens is 174 g/mol. The maximum Gasteiger partial charge on any atom is 0.314 e. The summed E-state index contributed by atoms with van der Waals surface area (Å²) in [5.41, 5.74) is 1.32. The Balaban J connectivity index is 2.38. The molecular formula is C8H9NO4. The van der Waals surface area contributed by atoms with Gasteiger partial charge >= 0.3 is 11.9 Å². The third-order valence-electron chi connectivity index (χ3n) is 2.28. The minimum atomic E-state index is -0.852. The molecule has 1 aromatic rings. The molecule has 1 atom stereocenters. The number of methoxy groups -OCH3 is 1. The zero-order chi connectivity index (χ0) is 9.42. The minimum absolute atomic E-state index is 0.346. The van der Waals surface area contributed by atoms with Crippen LogP contribution < -0.4 is 4.74 Å². The topological polar surface area (TPSA) is 72.6 Å². The van der Waals surface area contributed by atoms with E-state index in [0.29, 0.717) is 24.5 Å². The van der Waals surface area contributed by atoms with Gasteiger partial charge < -0.3 is 14.4 Å². The molecule has 0 bridgehead atoms. The van der Waals surface area contributed by atoms with Gasteiger partial charge in [-0.3, -0.25) is 4.79 Å². The minimum Gasteiger partial charge on any atom is -0.481 e. The number of carbonyl (C=O) groups is 1. The van der Waals surface area contributed by atoms with Gasteiger partial charge in [0.2, 0.25) is 0 Å². The molecule has 0 aliphatic heterocycles. The number of aromatic nitrogens is 1. The summed E-state index contributed by atoms with van der Waals surface area (Å²) in [5.74, 6) is -1.03. The van der Waals surface area contributed by atoms with Crippen LogP contribution in [0.5, 0.6) is 5.95 Å². The standard InChI is InChI=1S/C8H9NO4/c1-12-8-5-3-2-4(7(10)11)6(5)9-13-8/h4H,2-3H2,1H3,(H,10,11). The van der Waals surface area contributed by atoms with Gasteiger partial charge in [-0.05, 0) is 12.8 Å². The normalized spacial score (nSPS) is 19.9. The van der Waals surface area contributed by atoms with E-state index in [1.54, 1.807) is 0 Å². The zero-order valence-corrected chi connectivity index (χ0v) is 7.11. The molecule has 2 rings (SSSR count). The van der Waals surface area contributed by atoms with Crippen LogP contribution in [0.25, 0.3) is 0 Å². The molecule has 0 saturated carbocycles. The highest BCUT2D eigenvalue weighted by molar-refractivity contribution is 5.77. The van der Waals surface area contributed by atoms with Crippen LogP contribution in [0.3, 0.4) is 0 Å². The first-order chi connectivity index (χ1) is 6.24. The molecule has 0 amide bonds. The average Bonchev–Trinajstić information content (AvgIpc) is 2.61. The van der Waals surface area contributed by atoms with Crippen LogP contribution in [-0.2, 0) is 11.2 Å². The van der Waals surface area contributed by atoms with E-state index in [4.69, 9.17) is 14.4 Å². The van der Waals surface area contributed by atoms with Crippen LogP contribution >= 0.6 is 0 Å². The Labute approximate surface area is 74.3 Å². The van der Waals surface area contributed by atoms with Gasteiger partial charge in [0.05, 0.1) is 12.7 Å². The summed E-state index contributed by atoms with van der Waals surface area (Å²) in [4.78, 5) is 10.7. The van der Waals surface area contributed by atoms with Gasteiger partial charge in [0, 0.05) is 0 Å². The Hall–Kier alpha value is -1.52. The Kier molecular flexibility index (Phi) is 1.72. The monoisotopic (exact) mass is 183 g/mol. The third-order valence-corrected chi connectivity index (χ3v) is 2.28. The molecule has 5 nitrogen and oxygen atoms in total. The predicted octanol–water partition coefficient (Wildman–Crippen LogP) is 0.798. The first-order valence-corrected chi connectivity index (χ1v) is 3.99. The molecule has 5 heteroatoms. The van der Waals surface area contributed by atoms with Crippen molar-refractivity contribution in [2.45, 2.75) is 18.8 Å². The summed E-state index contributed by atoms with van der Waals surface area (Å²) < 4.78 is 9.73. The third kappa shape index (κ3) is 1.07. The fourth-order valence-corrected chi connectivity index (χ4v) is 1.64. The Morgan fingerprint density at radius 3 is 3.15 bits per heavy atom. The van der Waals surface area contributed by atoms with E-state index in [-0.39, 0.29) is 0 Å². The lowest BCUT2D eigenvalue weighted by Gasteiger charge is -1.98. The number of carboxylic acid groups (broad SMARTS) is 1. The number of hydrogen-bond acceptors (Lipinski definition) is 4. The van der Waals surface area contributed by atoms with Crippen LogP contribution in [0, 0.1) is 0 Å². The van der Waals surface area contributed by atoms with Gasteiger partial charge in [0.15, 0.2) is 0 Å². The van der Waals surface area contributed by atoms with E-state index in [0.717, 1.165) is 5.56 Å². The molecule has 0 fully saturated rings. The van der Waals surface area contributed by atoms with Gasteiger partial charge in [-0.2, -0.15) is 0 Å². The quantitative estimate of drug-likeness (QED) is 0.734. The van der Waals surface area contributed by atoms with Gasteiger partial charge in [-0.1, -0.05) is 5.16 Å². The van der Waals surface area contributed by atoms with Crippen molar-refractivity contribution in [1.82, 2.24) is 5.16 Å². The van der Waals surface area contributed by atoms with Crippen molar-refractivity contribution in [1.29, 1.82) is 0 Å². The second kappa shape index (κ2) is 2.76. The van der Waals surface area contributed by atoms with Crippen molar-refractivity contribution in [3.8, 4) is 5.95 Å². The first-order valence-electron chi connectivity index (χ1n) is 3.99. The molecule has 1 N–H and O–H groups in total. The molecule has 1 unspecified atom stereocenters. The molecule has 0 radical (unpaired) electrons. The van der Waals surface area contributed by atoms with Gasteiger partial charge in [-0.25, -0.2) is 0 Å². The molecule has 0 saturated heterocycles. The lowest BCUT2D eigenvalue weighted by Crippen LogP contribution is -2.08. The number of hydrogen-bond donors (Lipinski definition) is 1. The maximum atomic E-state index is 10.7. The summed E-state index contributed by atoms with van der Waals surface area (Å²) in [6.07, 6.45) is 1.25. The second-order valence-electron chi connectivity index (χ2n) is 2.97. The maximum absolute atomic E-state index is 10.7. The van der Waals surface area contributed by atoms with E-state index in [1.165, 1.54) is 7.11 Å². The largest absolute Gasteiger partial charge is 0.481 e. The van der Waals surface area contributed by atoms with Crippen molar-refractivity contribution in [3.63, 3.8) is 0 Å². The summed E-state index contributed by atoms with van der Waals surface area (Å²) in [5, 5.41) is 12.5. The van der Waals surface area contributed by atoms with Gasteiger partial charge in [0.1, 0.15) is 11.6 Å².